The molecule has 1 aliphatic rings. The van der Waals surface area contributed by atoms with Crippen LogP contribution in [0.4, 0.5) is 5.69 Å². The van der Waals surface area contributed by atoms with E-state index >= 15 is 0 Å². The van der Waals surface area contributed by atoms with Gasteiger partial charge in [0.05, 0.1) is 12.8 Å². The van der Waals surface area contributed by atoms with Crippen LogP contribution in [0.3, 0.4) is 0 Å². The Morgan fingerprint density at radius 1 is 1.07 bits per heavy atom. The van der Waals surface area contributed by atoms with Gasteiger partial charge in [-0.1, -0.05) is 12.1 Å². The summed E-state index contributed by atoms with van der Waals surface area (Å²) in [5.74, 6) is 0.307. The van der Waals surface area contributed by atoms with Crippen LogP contribution in [0, 0.1) is 0 Å². The summed E-state index contributed by atoms with van der Waals surface area (Å²) >= 11 is 0. The number of nitrogens with one attached hydrogen (secondary N) is 2. The highest BCUT2D eigenvalue weighted by atomic mass is 16.7. The fourth-order valence-corrected chi connectivity index (χ4v) is 2.88. The van der Waals surface area contributed by atoms with Crippen molar-refractivity contribution < 1.29 is 19.1 Å². The zero-order valence-electron chi connectivity index (χ0n) is 16.5. The average Bonchev–Trinajstić information content (AvgIpc) is 3.22. The van der Waals surface area contributed by atoms with Crippen LogP contribution in [-0.4, -0.2) is 44.5 Å². The Morgan fingerprint density at radius 2 is 1.79 bits per heavy atom. The van der Waals surface area contributed by atoms with Crippen molar-refractivity contribution in [3.63, 3.8) is 0 Å². The molecule has 0 spiro atoms. The quantitative estimate of drug-likeness (QED) is 0.527. The number of ether oxygens (including phenoxy) is 2. The molecule has 2 aromatic carbocycles. The van der Waals surface area contributed by atoms with Crippen LogP contribution < -0.4 is 25.1 Å². The van der Waals surface area contributed by atoms with Gasteiger partial charge in [0.1, 0.15) is 0 Å². The van der Waals surface area contributed by atoms with E-state index < -0.39 is 5.91 Å². The molecule has 152 valence electrons. The molecule has 1 aliphatic heterocycles. The number of carbonyl (C=O) groups excluding carboxylic acids is 2. The lowest BCUT2D eigenvalue weighted by molar-refractivity contribution is -0.120. The summed E-state index contributed by atoms with van der Waals surface area (Å²) in [6.45, 7) is 6.06. The van der Waals surface area contributed by atoms with Crippen molar-refractivity contribution >= 4 is 23.7 Å². The van der Waals surface area contributed by atoms with Crippen molar-refractivity contribution in [1.29, 1.82) is 0 Å². The van der Waals surface area contributed by atoms with Crippen molar-refractivity contribution in [2.75, 3.05) is 31.3 Å². The molecule has 0 radical (unpaired) electrons. The number of hydrogen-bond acceptors (Lipinski definition) is 6. The first-order valence-electron chi connectivity index (χ1n) is 9.45. The first kappa shape index (κ1) is 20.2. The van der Waals surface area contributed by atoms with Gasteiger partial charge >= 0.3 is 0 Å². The average molecular weight is 396 g/mol. The Labute approximate surface area is 169 Å². The monoisotopic (exact) mass is 396 g/mol. The van der Waals surface area contributed by atoms with Gasteiger partial charge in [-0.05, 0) is 49.7 Å². The van der Waals surface area contributed by atoms with Gasteiger partial charge < -0.3 is 19.7 Å². The Hall–Kier alpha value is -3.55. The van der Waals surface area contributed by atoms with Gasteiger partial charge in [0.25, 0.3) is 11.8 Å². The van der Waals surface area contributed by atoms with Crippen LogP contribution in [0.15, 0.2) is 47.6 Å². The normalized spacial score (nSPS) is 12.1. The minimum absolute atomic E-state index is 0.138. The highest BCUT2D eigenvalue weighted by molar-refractivity contribution is 5.97. The fourth-order valence-electron chi connectivity index (χ4n) is 2.88. The van der Waals surface area contributed by atoms with Crippen LogP contribution in [0.5, 0.6) is 11.5 Å². The van der Waals surface area contributed by atoms with Gasteiger partial charge in [-0.15, -0.1) is 0 Å². The van der Waals surface area contributed by atoms with Gasteiger partial charge in [-0.25, -0.2) is 5.43 Å². The lowest BCUT2D eigenvalue weighted by atomic mass is 10.2. The van der Waals surface area contributed by atoms with Crippen molar-refractivity contribution in [3.8, 4) is 11.5 Å². The molecule has 0 fully saturated rings. The lowest BCUT2D eigenvalue weighted by Gasteiger charge is -2.20. The molecule has 0 bridgehead atoms. The largest absolute Gasteiger partial charge is 0.454 e. The molecule has 3 rings (SSSR count). The molecule has 0 saturated carbocycles. The summed E-state index contributed by atoms with van der Waals surface area (Å²) < 4.78 is 10.4. The lowest BCUT2D eigenvalue weighted by Crippen LogP contribution is -2.34. The maximum Gasteiger partial charge on any atom is 0.259 e. The van der Waals surface area contributed by atoms with Crippen LogP contribution in [0.2, 0.25) is 0 Å². The minimum atomic E-state index is -0.421. The van der Waals surface area contributed by atoms with Crippen LogP contribution in [0.1, 0.15) is 29.8 Å². The van der Waals surface area contributed by atoms with Crippen LogP contribution in [0.25, 0.3) is 0 Å². The molecule has 0 saturated heterocycles. The standard InChI is InChI=1S/C21H24N4O4/c1-3-25(4-2)17-8-5-15(6-9-17)12-23-24-20(26)13-22-21(27)16-7-10-18-19(11-16)29-14-28-18/h5-12H,3-4,13-14H2,1-2H3,(H,22,27)(H,24,26). The number of hydrazone groups is 1. The summed E-state index contributed by atoms with van der Waals surface area (Å²) in [6.07, 6.45) is 1.56. The Morgan fingerprint density at radius 3 is 2.52 bits per heavy atom. The highest BCUT2D eigenvalue weighted by Gasteiger charge is 2.16. The molecule has 2 aromatic rings. The van der Waals surface area contributed by atoms with E-state index in [1.807, 2.05) is 24.3 Å². The molecule has 2 N–H and O–H groups in total. The summed E-state index contributed by atoms with van der Waals surface area (Å²) in [4.78, 5) is 26.3. The second-order valence-electron chi connectivity index (χ2n) is 6.31. The van der Waals surface area contributed by atoms with Crippen molar-refractivity contribution in [2.45, 2.75) is 13.8 Å². The van der Waals surface area contributed by atoms with E-state index in [0.717, 1.165) is 24.3 Å². The number of hydrogen-bond donors (Lipinski definition) is 2. The molecule has 0 atom stereocenters. The van der Waals surface area contributed by atoms with Gasteiger partial charge in [-0.2, -0.15) is 5.10 Å². The van der Waals surface area contributed by atoms with Crippen LogP contribution in [-0.2, 0) is 4.79 Å². The fraction of sp³-hybridized carbons (Fsp3) is 0.286. The summed E-state index contributed by atoms with van der Waals surface area (Å²) in [5.41, 5.74) is 4.80. The molecule has 0 aliphatic carbocycles. The molecule has 8 nitrogen and oxygen atoms in total. The minimum Gasteiger partial charge on any atom is -0.454 e. The number of fused-ring (bicyclic) bond motifs is 1. The topological polar surface area (TPSA) is 92.3 Å². The van der Waals surface area contributed by atoms with Crippen molar-refractivity contribution in [3.05, 3.63) is 53.6 Å². The molecule has 29 heavy (non-hydrogen) atoms. The Kier molecular flexibility index (Phi) is 6.67. The van der Waals surface area contributed by atoms with Crippen molar-refractivity contribution in [2.24, 2.45) is 5.10 Å². The Balaban J connectivity index is 1.45. The first-order valence-corrected chi connectivity index (χ1v) is 9.45. The first-order chi connectivity index (χ1) is 14.1. The third-order valence-electron chi connectivity index (χ3n) is 4.47. The third-order valence-corrected chi connectivity index (χ3v) is 4.47. The predicted molar refractivity (Wildman–Crippen MR) is 111 cm³/mol. The maximum absolute atomic E-state index is 12.2. The maximum atomic E-state index is 12.2. The molecule has 2 amide bonds. The molecule has 0 unspecified atom stereocenters. The Bertz CT molecular complexity index is 892. The molecular weight excluding hydrogens is 372 g/mol. The molecule has 0 aromatic heterocycles. The van der Waals surface area contributed by atoms with E-state index in [-0.39, 0.29) is 19.2 Å². The van der Waals surface area contributed by atoms with Gasteiger partial charge in [0.2, 0.25) is 6.79 Å². The number of amides is 2. The second-order valence-corrected chi connectivity index (χ2v) is 6.31. The van der Waals surface area contributed by atoms with Gasteiger partial charge in [-0.3, -0.25) is 9.59 Å². The number of carbonyl (C=O) groups is 2. The molecule has 8 heteroatoms. The zero-order valence-corrected chi connectivity index (χ0v) is 16.5. The number of rotatable bonds is 8. The summed E-state index contributed by atoms with van der Waals surface area (Å²) in [6, 6.07) is 12.8. The predicted octanol–water partition coefficient (Wildman–Crippen LogP) is 2.14. The highest BCUT2D eigenvalue weighted by Crippen LogP contribution is 2.32. The number of nitrogens with zero attached hydrogens (tertiary/aromatic N) is 2. The van der Waals surface area contributed by atoms with E-state index in [1.165, 1.54) is 0 Å². The smallest absolute Gasteiger partial charge is 0.259 e. The van der Waals surface area contributed by atoms with E-state index in [0.29, 0.717) is 17.1 Å². The third kappa shape index (κ3) is 5.25. The van der Waals surface area contributed by atoms with Crippen LogP contribution >= 0.6 is 0 Å². The zero-order chi connectivity index (χ0) is 20.6. The van der Waals surface area contributed by atoms with Gasteiger partial charge in [0, 0.05) is 24.3 Å². The number of benzene rings is 2. The van der Waals surface area contributed by atoms with E-state index in [4.69, 9.17) is 9.47 Å². The van der Waals surface area contributed by atoms with E-state index in [9.17, 15) is 9.59 Å². The number of anilines is 1. The molecule has 1 heterocycles. The summed E-state index contributed by atoms with van der Waals surface area (Å²) in [5, 5.41) is 6.47. The van der Waals surface area contributed by atoms with E-state index in [2.05, 4.69) is 34.6 Å². The van der Waals surface area contributed by atoms with E-state index in [1.54, 1.807) is 24.4 Å². The second kappa shape index (κ2) is 9.59. The summed E-state index contributed by atoms with van der Waals surface area (Å²) in [7, 11) is 0. The van der Waals surface area contributed by atoms with Gasteiger partial charge in [0.15, 0.2) is 11.5 Å². The molecular formula is C21H24N4O4. The SMILES string of the molecule is CCN(CC)c1ccc(C=NNC(=O)CNC(=O)c2ccc3c(c2)OCO3)cc1. The van der Waals surface area contributed by atoms with Crippen molar-refractivity contribution in [1.82, 2.24) is 10.7 Å².